The van der Waals surface area contributed by atoms with Crippen molar-refractivity contribution in [2.45, 2.75) is 43.9 Å². The molecule has 0 saturated carbocycles. The lowest BCUT2D eigenvalue weighted by Gasteiger charge is -2.31. The number of alkyl halides is 3. The van der Waals surface area contributed by atoms with E-state index in [4.69, 9.17) is 10.5 Å². The fourth-order valence-corrected chi connectivity index (χ4v) is 4.77. The number of aromatic nitrogens is 2. The maximum Gasteiger partial charge on any atom is 0.424 e. The van der Waals surface area contributed by atoms with Crippen LogP contribution in [0.3, 0.4) is 0 Å². The van der Waals surface area contributed by atoms with Crippen LogP contribution in [0.25, 0.3) is 11.3 Å². The molecule has 0 aliphatic carbocycles. The summed E-state index contributed by atoms with van der Waals surface area (Å²) in [6, 6.07) is 5.60. The summed E-state index contributed by atoms with van der Waals surface area (Å²) in [6.45, 7) is 3.51. The maximum atomic E-state index is 14.4. The average molecular weight is 553 g/mol. The van der Waals surface area contributed by atoms with Crippen molar-refractivity contribution in [2.75, 3.05) is 13.2 Å². The van der Waals surface area contributed by atoms with Gasteiger partial charge >= 0.3 is 6.18 Å². The Bertz CT molecular complexity index is 1390. The molecule has 38 heavy (non-hydrogen) atoms. The molecule has 8 nitrogen and oxygen atoms in total. The van der Waals surface area contributed by atoms with Crippen molar-refractivity contribution in [2.24, 2.45) is 5.73 Å². The second kappa shape index (κ2) is 9.62. The number of carbonyl (C=O) groups is 2. The normalized spacial score (nSPS) is 18.6. The van der Waals surface area contributed by atoms with Crippen molar-refractivity contribution in [1.82, 2.24) is 15.3 Å². The van der Waals surface area contributed by atoms with Crippen LogP contribution < -0.4 is 15.8 Å². The number of benzene rings is 1. The van der Waals surface area contributed by atoms with Gasteiger partial charge in [-0.05, 0) is 43.2 Å². The smallest absolute Gasteiger partial charge is 0.424 e. The van der Waals surface area contributed by atoms with E-state index in [1.165, 1.54) is 19.1 Å². The molecule has 1 aliphatic heterocycles. The number of aliphatic hydroxyl groups is 1. The summed E-state index contributed by atoms with van der Waals surface area (Å²) in [5.41, 5.74) is 0.0364. The monoisotopic (exact) mass is 552 g/mol. The van der Waals surface area contributed by atoms with Gasteiger partial charge in [0.05, 0.1) is 17.9 Å². The van der Waals surface area contributed by atoms with Gasteiger partial charge in [0.1, 0.15) is 29.3 Å². The van der Waals surface area contributed by atoms with Gasteiger partial charge in [-0.3, -0.25) is 9.59 Å². The van der Waals surface area contributed by atoms with Crippen LogP contribution in [0.5, 0.6) is 5.75 Å². The number of rotatable bonds is 7. The third-order valence-electron chi connectivity index (χ3n) is 6.44. The number of hydrogen-bond acceptors (Lipinski definition) is 7. The Morgan fingerprint density at radius 1 is 1.24 bits per heavy atom. The van der Waals surface area contributed by atoms with Crippen LogP contribution in [0.15, 0.2) is 35.7 Å². The minimum absolute atomic E-state index is 0.00203. The SMILES string of the molecule is CC(C)c1csc(C(=O)NC[C@](O)(c2cc3c(c(-c4ccc(F)cc4)n2)OC[C@]3(C)C(N)=O)C(F)(F)F)n1. The van der Waals surface area contributed by atoms with Crippen LogP contribution in [0.1, 0.15) is 53.4 Å². The highest BCUT2D eigenvalue weighted by Gasteiger charge is 2.57. The van der Waals surface area contributed by atoms with Crippen LogP contribution in [0, 0.1) is 5.82 Å². The van der Waals surface area contributed by atoms with Gasteiger partial charge in [-0.25, -0.2) is 14.4 Å². The number of thiazole rings is 1. The molecule has 1 aliphatic rings. The molecule has 0 fully saturated rings. The van der Waals surface area contributed by atoms with Gasteiger partial charge in [-0.1, -0.05) is 13.8 Å². The first-order chi connectivity index (χ1) is 17.7. The number of halogens is 4. The Morgan fingerprint density at radius 3 is 2.45 bits per heavy atom. The van der Waals surface area contributed by atoms with E-state index in [-0.39, 0.29) is 40.1 Å². The fraction of sp³-hybridized carbons (Fsp3) is 0.360. The van der Waals surface area contributed by atoms with Crippen molar-refractivity contribution in [3.05, 3.63) is 63.5 Å². The number of nitrogens with two attached hydrogens (primary N) is 1. The molecule has 4 rings (SSSR count). The second-order valence-electron chi connectivity index (χ2n) is 9.50. The Labute approximate surface area is 218 Å². The molecule has 0 spiro atoms. The number of ether oxygens (including phenoxy) is 1. The van der Waals surface area contributed by atoms with Crippen molar-refractivity contribution in [1.29, 1.82) is 0 Å². The van der Waals surface area contributed by atoms with E-state index in [1.807, 2.05) is 13.8 Å². The average Bonchev–Trinajstić information content (AvgIpc) is 3.48. The molecule has 202 valence electrons. The highest BCUT2D eigenvalue weighted by Crippen LogP contribution is 2.47. The van der Waals surface area contributed by atoms with E-state index in [2.05, 4.69) is 15.3 Å². The molecule has 4 N–H and O–H groups in total. The number of amides is 2. The number of nitrogens with one attached hydrogen (secondary N) is 1. The van der Waals surface area contributed by atoms with Gasteiger partial charge < -0.3 is 20.9 Å². The molecule has 13 heteroatoms. The molecule has 2 atom stereocenters. The largest absolute Gasteiger partial charge is 0.489 e. The molecular formula is C25H24F4N4O4S. The lowest BCUT2D eigenvalue weighted by atomic mass is 9.81. The molecule has 1 aromatic carbocycles. The van der Waals surface area contributed by atoms with Gasteiger partial charge in [0.2, 0.25) is 11.5 Å². The Hall–Kier alpha value is -3.58. The van der Waals surface area contributed by atoms with E-state index in [9.17, 15) is 32.3 Å². The van der Waals surface area contributed by atoms with Crippen molar-refractivity contribution >= 4 is 23.2 Å². The fourth-order valence-electron chi connectivity index (χ4n) is 3.88. The van der Waals surface area contributed by atoms with E-state index < -0.39 is 47.1 Å². The second-order valence-corrected chi connectivity index (χ2v) is 10.4. The highest BCUT2D eigenvalue weighted by molar-refractivity contribution is 7.11. The Morgan fingerprint density at radius 2 is 1.89 bits per heavy atom. The molecular weight excluding hydrogens is 528 g/mol. The predicted molar refractivity (Wildman–Crippen MR) is 130 cm³/mol. The molecule has 0 radical (unpaired) electrons. The van der Waals surface area contributed by atoms with Crippen molar-refractivity contribution in [3.8, 4) is 17.0 Å². The van der Waals surface area contributed by atoms with Gasteiger partial charge in [-0.2, -0.15) is 13.2 Å². The summed E-state index contributed by atoms with van der Waals surface area (Å²) in [5, 5.41) is 14.7. The summed E-state index contributed by atoms with van der Waals surface area (Å²) in [5.74, 6) is -2.38. The molecule has 2 aromatic heterocycles. The zero-order chi connectivity index (χ0) is 28.0. The Balaban J connectivity index is 1.81. The first-order valence-electron chi connectivity index (χ1n) is 11.4. The molecule has 0 saturated heterocycles. The maximum absolute atomic E-state index is 14.4. The molecule has 3 heterocycles. The lowest BCUT2D eigenvalue weighted by Crippen LogP contribution is -2.51. The highest BCUT2D eigenvalue weighted by atomic mass is 32.1. The number of fused-ring (bicyclic) bond motifs is 1. The number of pyridine rings is 1. The molecule has 2 amide bonds. The molecule has 0 unspecified atom stereocenters. The number of carbonyl (C=O) groups excluding carboxylic acids is 2. The van der Waals surface area contributed by atoms with Gasteiger partial charge in [0.25, 0.3) is 5.91 Å². The summed E-state index contributed by atoms with van der Waals surface area (Å²) in [7, 11) is 0. The van der Waals surface area contributed by atoms with Crippen molar-refractivity contribution < 1.29 is 37.0 Å². The summed E-state index contributed by atoms with van der Waals surface area (Å²) in [4.78, 5) is 33.1. The standard InChI is InChI=1S/C25H24F4N4O4S/c1-12(2)16-9-38-21(32-16)20(34)31-10-24(36,25(27,28)29)17-8-15-19(37-11-23(15,3)22(30)35)18(33-17)13-4-6-14(26)7-5-13/h4-9,12,36H,10-11H2,1-3H3,(H2,30,35)(H,31,34)/t23-,24-/m0/s1. The summed E-state index contributed by atoms with van der Waals surface area (Å²) < 4.78 is 62.4. The van der Waals surface area contributed by atoms with E-state index >= 15 is 0 Å². The van der Waals surface area contributed by atoms with Crippen LogP contribution in [0.2, 0.25) is 0 Å². The number of nitrogens with zero attached hydrogens (tertiary/aromatic N) is 2. The minimum atomic E-state index is -5.31. The third kappa shape index (κ3) is 4.71. The number of hydrogen-bond donors (Lipinski definition) is 3. The Kier molecular flexibility index (Phi) is 6.95. The zero-order valence-electron chi connectivity index (χ0n) is 20.5. The van der Waals surface area contributed by atoms with Gasteiger partial charge in [0.15, 0.2) is 5.01 Å². The topological polar surface area (TPSA) is 127 Å². The quantitative estimate of drug-likeness (QED) is 0.383. The zero-order valence-corrected chi connectivity index (χ0v) is 21.3. The van der Waals surface area contributed by atoms with Crippen molar-refractivity contribution in [3.63, 3.8) is 0 Å². The minimum Gasteiger partial charge on any atom is -0.489 e. The van der Waals surface area contributed by atoms with Gasteiger partial charge in [0, 0.05) is 16.5 Å². The summed E-state index contributed by atoms with van der Waals surface area (Å²) in [6.07, 6.45) is -5.31. The van der Waals surface area contributed by atoms with Crippen LogP contribution in [-0.4, -0.2) is 46.2 Å². The molecule has 0 bridgehead atoms. The first kappa shape index (κ1) is 27.5. The number of primary amides is 1. The van der Waals surface area contributed by atoms with Crippen LogP contribution in [0.4, 0.5) is 17.6 Å². The third-order valence-corrected chi connectivity index (χ3v) is 7.30. The molecule has 3 aromatic rings. The lowest BCUT2D eigenvalue weighted by molar-refractivity contribution is -0.265. The van der Waals surface area contributed by atoms with Crippen LogP contribution >= 0.6 is 11.3 Å². The van der Waals surface area contributed by atoms with Gasteiger partial charge in [-0.15, -0.1) is 11.3 Å². The van der Waals surface area contributed by atoms with Crippen LogP contribution in [-0.2, 0) is 15.8 Å². The van der Waals surface area contributed by atoms with E-state index in [1.54, 1.807) is 5.38 Å². The summed E-state index contributed by atoms with van der Waals surface area (Å²) >= 11 is 0.960. The van der Waals surface area contributed by atoms with E-state index in [0.717, 1.165) is 29.5 Å². The van der Waals surface area contributed by atoms with E-state index in [0.29, 0.717) is 5.69 Å². The first-order valence-corrected chi connectivity index (χ1v) is 12.3. The predicted octanol–water partition coefficient (Wildman–Crippen LogP) is 3.78.